The Kier molecular flexibility index (Phi) is 3.25. The van der Waals surface area contributed by atoms with Crippen molar-refractivity contribution in [3.8, 4) is 5.69 Å². The fourth-order valence-electron chi connectivity index (χ4n) is 1.57. The van der Waals surface area contributed by atoms with Crippen LogP contribution in [0, 0.1) is 11.7 Å². The predicted octanol–water partition coefficient (Wildman–Crippen LogP) is 4.52. The number of aromatic nitrogens is 2. The van der Waals surface area contributed by atoms with Gasteiger partial charge >= 0.3 is 6.18 Å². The molecule has 0 saturated heterocycles. The number of nitrogens with one attached hydrogen (secondary N) is 1. The highest BCUT2D eigenvalue weighted by Crippen LogP contribution is 2.33. The van der Waals surface area contributed by atoms with E-state index in [0.717, 1.165) is 17.8 Å². The number of rotatable bonds is 1. The summed E-state index contributed by atoms with van der Waals surface area (Å²) in [5, 5.41) is 0.207. The maximum absolute atomic E-state index is 12.6. The van der Waals surface area contributed by atoms with Crippen LogP contribution in [-0.2, 0) is 6.18 Å². The van der Waals surface area contributed by atoms with Gasteiger partial charge in [0.15, 0.2) is 4.77 Å². The van der Waals surface area contributed by atoms with Gasteiger partial charge in [0.05, 0.1) is 16.3 Å². The van der Waals surface area contributed by atoms with Gasteiger partial charge in [-0.15, -0.1) is 0 Å². The standard InChI is InChI=1S/C11H8ClF3N2S/c1-6-5-17(10(18)16-6)9-4-7(11(13,14)15)2-3-8(9)12/h2-5H,1H3,(H,16,18). The van der Waals surface area contributed by atoms with E-state index in [1.807, 2.05) is 0 Å². The highest BCUT2D eigenvalue weighted by Gasteiger charge is 2.31. The van der Waals surface area contributed by atoms with E-state index in [1.165, 1.54) is 10.6 Å². The molecular weight excluding hydrogens is 285 g/mol. The minimum Gasteiger partial charge on any atom is -0.335 e. The first-order chi connectivity index (χ1) is 8.29. The van der Waals surface area contributed by atoms with Crippen LogP contribution in [0.3, 0.4) is 0 Å². The van der Waals surface area contributed by atoms with E-state index in [2.05, 4.69) is 4.98 Å². The van der Waals surface area contributed by atoms with Gasteiger partial charge in [0.1, 0.15) is 0 Å². The Bertz CT molecular complexity index is 642. The molecule has 96 valence electrons. The minimum atomic E-state index is -4.41. The number of aryl methyl sites for hydroxylation is 1. The van der Waals surface area contributed by atoms with Gasteiger partial charge in [-0.05, 0) is 37.3 Å². The summed E-state index contributed by atoms with van der Waals surface area (Å²) in [6.07, 6.45) is -2.81. The van der Waals surface area contributed by atoms with Crippen molar-refractivity contribution in [1.82, 2.24) is 9.55 Å². The van der Waals surface area contributed by atoms with Crippen LogP contribution in [0.2, 0.25) is 5.02 Å². The van der Waals surface area contributed by atoms with E-state index in [9.17, 15) is 13.2 Å². The molecule has 7 heteroatoms. The summed E-state index contributed by atoms with van der Waals surface area (Å²) in [7, 11) is 0. The highest BCUT2D eigenvalue weighted by molar-refractivity contribution is 7.71. The molecule has 0 aliphatic rings. The lowest BCUT2D eigenvalue weighted by Gasteiger charge is -2.10. The molecule has 1 N–H and O–H groups in total. The molecule has 0 saturated carbocycles. The van der Waals surface area contributed by atoms with Crippen LogP contribution in [0.15, 0.2) is 24.4 Å². The SMILES string of the molecule is Cc1cn(-c2cc(C(F)(F)F)ccc2Cl)c(=S)[nH]1. The quantitative estimate of drug-likeness (QED) is 0.767. The van der Waals surface area contributed by atoms with Crippen LogP contribution in [0.4, 0.5) is 13.2 Å². The third-order valence-corrected chi connectivity index (χ3v) is 3.00. The lowest BCUT2D eigenvalue weighted by molar-refractivity contribution is -0.137. The summed E-state index contributed by atoms with van der Waals surface area (Å²) in [6, 6.07) is 3.13. The second-order valence-electron chi connectivity index (χ2n) is 3.78. The largest absolute Gasteiger partial charge is 0.416 e. The molecule has 1 heterocycles. The summed E-state index contributed by atoms with van der Waals surface area (Å²) in [6.45, 7) is 1.76. The van der Waals surface area contributed by atoms with Crippen LogP contribution in [-0.4, -0.2) is 9.55 Å². The van der Waals surface area contributed by atoms with Crippen molar-refractivity contribution in [2.24, 2.45) is 0 Å². The number of hydrogen-bond acceptors (Lipinski definition) is 1. The molecule has 2 nitrogen and oxygen atoms in total. The maximum Gasteiger partial charge on any atom is 0.416 e. The normalized spacial score (nSPS) is 11.8. The monoisotopic (exact) mass is 292 g/mol. The van der Waals surface area contributed by atoms with Crippen molar-refractivity contribution in [2.75, 3.05) is 0 Å². The van der Waals surface area contributed by atoms with Gasteiger partial charge < -0.3 is 4.98 Å². The molecule has 0 fully saturated rings. The number of H-pyrrole nitrogens is 1. The fraction of sp³-hybridized carbons (Fsp3) is 0.182. The number of alkyl halides is 3. The lowest BCUT2D eigenvalue weighted by Crippen LogP contribution is -2.06. The van der Waals surface area contributed by atoms with E-state index < -0.39 is 11.7 Å². The first kappa shape index (κ1) is 13.2. The molecule has 1 aromatic heterocycles. The zero-order chi connectivity index (χ0) is 13.5. The number of halogens is 4. The number of nitrogens with zero attached hydrogens (tertiary/aromatic N) is 1. The second kappa shape index (κ2) is 4.44. The Morgan fingerprint density at radius 1 is 1.33 bits per heavy atom. The number of hydrogen-bond donors (Lipinski definition) is 1. The number of aromatic amines is 1. The Hall–Kier alpha value is -1.27. The molecule has 0 amide bonds. The molecule has 0 spiro atoms. The Morgan fingerprint density at radius 2 is 2.00 bits per heavy atom. The molecular formula is C11H8ClF3N2S. The molecule has 18 heavy (non-hydrogen) atoms. The molecule has 2 rings (SSSR count). The number of benzene rings is 1. The summed E-state index contributed by atoms with van der Waals surface area (Å²) < 4.78 is 39.6. The predicted molar refractivity (Wildman–Crippen MR) is 65.7 cm³/mol. The van der Waals surface area contributed by atoms with Crippen LogP contribution in [0.25, 0.3) is 5.69 Å². The lowest BCUT2D eigenvalue weighted by atomic mass is 10.2. The summed E-state index contributed by atoms with van der Waals surface area (Å²) in [5.41, 5.74) is 0.192. The molecule has 2 aromatic rings. The first-order valence-corrected chi connectivity index (χ1v) is 5.73. The minimum absolute atomic E-state index is 0.207. The third-order valence-electron chi connectivity index (χ3n) is 2.38. The number of imidazole rings is 1. The van der Waals surface area contributed by atoms with Crippen molar-refractivity contribution >= 4 is 23.8 Å². The van der Waals surface area contributed by atoms with Crippen molar-refractivity contribution in [1.29, 1.82) is 0 Å². The molecule has 0 radical (unpaired) electrons. The van der Waals surface area contributed by atoms with Crippen LogP contribution >= 0.6 is 23.8 Å². The topological polar surface area (TPSA) is 20.7 Å². The third kappa shape index (κ3) is 2.44. The van der Waals surface area contributed by atoms with Crippen LogP contribution in [0.5, 0.6) is 0 Å². The van der Waals surface area contributed by atoms with E-state index >= 15 is 0 Å². The second-order valence-corrected chi connectivity index (χ2v) is 4.57. The zero-order valence-corrected chi connectivity index (χ0v) is 10.7. The van der Waals surface area contributed by atoms with Crippen molar-refractivity contribution < 1.29 is 13.2 Å². The zero-order valence-electron chi connectivity index (χ0n) is 9.18. The van der Waals surface area contributed by atoms with Crippen LogP contribution < -0.4 is 0 Å². The first-order valence-electron chi connectivity index (χ1n) is 4.94. The van der Waals surface area contributed by atoms with Crippen molar-refractivity contribution in [3.05, 3.63) is 45.4 Å². The average Bonchev–Trinajstić information content (AvgIpc) is 2.56. The van der Waals surface area contributed by atoms with Gasteiger partial charge in [-0.2, -0.15) is 13.2 Å². The molecule has 0 aliphatic heterocycles. The Morgan fingerprint density at radius 3 is 2.50 bits per heavy atom. The van der Waals surface area contributed by atoms with Gasteiger partial charge in [0.25, 0.3) is 0 Å². The van der Waals surface area contributed by atoms with Gasteiger partial charge in [-0.3, -0.25) is 4.57 Å². The fourth-order valence-corrected chi connectivity index (χ4v) is 2.09. The van der Waals surface area contributed by atoms with Crippen LogP contribution in [0.1, 0.15) is 11.3 Å². The molecule has 0 unspecified atom stereocenters. The van der Waals surface area contributed by atoms with E-state index in [1.54, 1.807) is 13.1 Å². The average molecular weight is 293 g/mol. The maximum atomic E-state index is 12.6. The molecule has 1 aromatic carbocycles. The van der Waals surface area contributed by atoms with Gasteiger partial charge in [0.2, 0.25) is 0 Å². The highest BCUT2D eigenvalue weighted by atomic mass is 35.5. The molecule has 0 bridgehead atoms. The Balaban J connectivity index is 2.64. The van der Waals surface area contributed by atoms with Crippen molar-refractivity contribution in [3.63, 3.8) is 0 Å². The van der Waals surface area contributed by atoms with Crippen molar-refractivity contribution in [2.45, 2.75) is 13.1 Å². The summed E-state index contributed by atoms with van der Waals surface area (Å²) in [4.78, 5) is 2.83. The molecule has 0 atom stereocenters. The van der Waals surface area contributed by atoms with E-state index in [-0.39, 0.29) is 10.7 Å². The summed E-state index contributed by atoms with van der Waals surface area (Å²) in [5.74, 6) is 0. The Labute approximate surface area is 111 Å². The van der Waals surface area contributed by atoms with Gasteiger partial charge in [-0.1, -0.05) is 11.6 Å². The van der Waals surface area contributed by atoms with E-state index in [0.29, 0.717) is 4.77 Å². The summed E-state index contributed by atoms with van der Waals surface area (Å²) >= 11 is 10.9. The van der Waals surface area contributed by atoms with E-state index in [4.69, 9.17) is 23.8 Å². The molecule has 0 aliphatic carbocycles. The van der Waals surface area contributed by atoms with Gasteiger partial charge in [0, 0.05) is 11.9 Å². The van der Waals surface area contributed by atoms with Gasteiger partial charge in [-0.25, -0.2) is 0 Å². The smallest absolute Gasteiger partial charge is 0.335 e.